The Morgan fingerprint density at radius 3 is 2.07 bits per heavy atom. The van der Waals surface area contributed by atoms with E-state index in [0.29, 0.717) is 16.8 Å². The van der Waals surface area contributed by atoms with Crippen molar-refractivity contribution in [1.82, 2.24) is 5.43 Å². The largest absolute Gasteiger partial charge is 0.508 e. The molecule has 0 spiro atoms. The first-order valence-corrected chi connectivity index (χ1v) is 8.21. The average molecular weight is 359 g/mol. The van der Waals surface area contributed by atoms with Crippen LogP contribution >= 0.6 is 0 Å². The van der Waals surface area contributed by atoms with Crippen LogP contribution in [-0.2, 0) is 0 Å². The van der Waals surface area contributed by atoms with E-state index in [1.165, 1.54) is 18.3 Å². The molecule has 6 nitrogen and oxygen atoms in total. The van der Waals surface area contributed by atoms with Crippen molar-refractivity contribution in [3.8, 4) is 5.75 Å². The van der Waals surface area contributed by atoms with Gasteiger partial charge in [-0.15, -0.1) is 0 Å². The second kappa shape index (κ2) is 8.44. The zero-order chi connectivity index (χ0) is 19.1. The number of benzene rings is 3. The molecule has 0 heterocycles. The first-order valence-electron chi connectivity index (χ1n) is 8.21. The lowest BCUT2D eigenvalue weighted by Gasteiger charge is -2.06. The van der Waals surface area contributed by atoms with Gasteiger partial charge >= 0.3 is 0 Å². The number of carbonyl (C=O) groups is 2. The van der Waals surface area contributed by atoms with Gasteiger partial charge in [-0.3, -0.25) is 9.59 Å². The molecule has 0 saturated carbocycles. The summed E-state index contributed by atoms with van der Waals surface area (Å²) in [5, 5.41) is 15.9. The van der Waals surface area contributed by atoms with Crippen LogP contribution in [0, 0.1) is 0 Å². The van der Waals surface area contributed by atoms with E-state index in [2.05, 4.69) is 15.8 Å². The van der Waals surface area contributed by atoms with Crippen molar-refractivity contribution in [2.45, 2.75) is 0 Å². The van der Waals surface area contributed by atoms with Gasteiger partial charge in [-0.05, 0) is 66.2 Å². The van der Waals surface area contributed by atoms with Crippen molar-refractivity contribution in [3.63, 3.8) is 0 Å². The van der Waals surface area contributed by atoms with E-state index >= 15 is 0 Å². The van der Waals surface area contributed by atoms with Crippen LogP contribution in [0.5, 0.6) is 5.75 Å². The molecule has 3 rings (SSSR count). The first kappa shape index (κ1) is 17.9. The van der Waals surface area contributed by atoms with Crippen molar-refractivity contribution in [1.29, 1.82) is 0 Å². The molecule has 0 aliphatic carbocycles. The summed E-state index contributed by atoms with van der Waals surface area (Å²) in [7, 11) is 0. The number of nitrogens with zero attached hydrogens (tertiary/aromatic N) is 1. The molecule has 3 N–H and O–H groups in total. The predicted molar refractivity (Wildman–Crippen MR) is 104 cm³/mol. The Morgan fingerprint density at radius 1 is 0.778 bits per heavy atom. The lowest BCUT2D eigenvalue weighted by molar-refractivity contribution is 0.0954. The molecule has 0 aromatic heterocycles. The van der Waals surface area contributed by atoms with Gasteiger partial charge in [0, 0.05) is 16.8 Å². The Kier molecular flexibility index (Phi) is 5.59. The molecule has 0 saturated heterocycles. The summed E-state index contributed by atoms with van der Waals surface area (Å²) in [6, 6.07) is 21.8. The minimum atomic E-state index is -0.369. The summed E-state index contributed by atoms with van der Waals surface area (Å²) >= 11 is 0. The summed E-state index contributed by atoms with van der Waals surface area (Å²) in [6.07, 6.45) is 1.48. The van der Waals surface area contributed by atoms with Gasteiger partial charge < -0.3 is 10.4 Å². The molecule has 0 atom stereocenters. The monoisotopic (exact) mass is 359 g/mol. The highest BCUT2D eigenvalue weighted by Gasteiger charge is 2.07. The van der Waals surface area contributed by atoms with Crippen molar-refractivity contribution < 1.29 is 14.7 Å². The molecule has 0 aliphatic heterocycles. The van der Waals surface area contributed by atoms with E-state index in [0.717, 1.165) is 5.56 Å². The third-order valence-corrected chi connectivity index (χ3v) is 3.71. The number of rotatable bonds is 5. The van der Waals surface area contributed by atoms with Gasteiger partial charge in [-0.2, -0.15) is 5.10 Å². The Balaban J connectivity index is 1.57. The quantitative estimate of drug-likeness (QED) is 0.482. The van der Waals surface area contributed by atoms with E-state index in [-0.39, 0.29) is 17.6 Å². The lowest BCUT2D eigenvalue weighted by atomic mass is 10.1. The van der Waals surface area contributed by atoms with Gasteiger partial charge in [0.2, 0.25) is 0 Å². The fourth-order valence-corrected chi connectivity index (χ4v) is 2.29. The number of hydrogen-bond donors (Lipinski definition) is 3. The van der Waals surface area contributed by atoms with Crippen LogP contribution < -0.4 is 10.7 Å². The van der Waals surface area contributed by atoms with Crippen molar-refractivity contribution >= 4 is 23.7 Å². The minimum absolute atomic E-state index is 0.163. The van der Waals surface area contributed by atoms with Gasteiger partial charge in [0.05, 0.1) is 6.21 Å². The molecule has 0 unspecified atom stereocenters. The number of hydrazone groups is 1. The van der Waals surface area contributed by atoms with Crippen LogP contribution in [0.1, 0.15) is 26.3 Å². The Morgan fingerprint density at radius 2 is 1.41 bits per heavy atom. The van der Waals surface area contributed by atoms with E-state index in [4.69, 9.17) is 0 Å². The standard InChI is InChI=1S/C21H17N3O3/c25-19-12-6-15(7-13-19)14-22-24-21(27)17-8-10-18(11-9-17)23-20(26)16-4-2-1-3-5-16/h1-14,25H,(H,23,26)(H,24,27). The zero-order valence-corrected chi connectivity index (χ0v) is 14.3. The second-order valence-electron chi connectivity index (χ2n) is 5.69. The predicted octanol–water partition coefficient (Wildman–Crippen LogP) is 3.41. The SMILES string of the molecule is O=C(NN=Cc1ccc(O)cc1)c1ccc(NC(=O)c2ccccc2)cc1. The van der Waals surface area contributed by atoms with Gasteiger partial charge in [-0.1, -0.05) is 18.2 Å². The summed E-state index contributed by atoms with van der Waals surface area (Å²) in [4.78, 5) is 24.2. The third-order valence-electron chi connectivity index (χ3n) is 3.71. The van der Waals surface area contributed by atoms with Gasteiger partial charge in [0.1, 0.15) is 5.75 Å². The number of phenols is 1. The Hall–Kier alpha value is -3.93. The number of carbonyl (C=O) groups excluding carboxylic acids is 2. The van der Waals surface area contributed by atoms with Crippen LogP contribution in [0.4, 0.5) is 5.69 Å². The molecule has 6 heteroatoms. The van der Waals surface area contributed by atoms with E-state index in [1.807, 2.05) is 6.07 Å². The number of nitrogens with one attached hydrogen (secondary N) is 2. The van der Waals surface area contributed by atoms with E-state index in [1.54, 1.807) is 60.7 Å². The maximum absolute atomic E-state index is 12.1. The lowest BCUT2D eigenvalue weighted by Crippen LogP contribution is -2.17. The number of aromatic hydroxyl groups is 1. The molecule has 2 amide bonds. The highest BCUT2D eigenvalue weighted by atomic mass is 16.3. The van der Waals surface area contributed by atoms with Gasteiger partial charge in [-0.25, -0.2) is 5.43 Å². The molecule has 3 aromatic rings. The normalized spacial score (nSPS) is 10.5. The van der Waals surface area contributed by atoms with Gasteiger partial charge in [0.15, 0.2) is 0 Å². The first-order chi connectivity index (χ1) is 13.1. The molecule has 3 aromatic carbocycles. The minimum Gasteiger partial charge on any atom is -0.508 e. The molecule has 27 heavy (non-hydrogen) atoms. The number of hydrogen-bond acceptors (Lipinski definition) is 4. The van der Waals surface area contributed by atoms with Crippen LogP contribution in [-0.4, -0.2) is 23.1 Å². The van der Waals surface area contributed by atoms with Crippen LogP contribution in [0.3, 0.4) is 0 Å². The van der Waals surface area contributed by atoms with Crippen molar-refractivity contribution in [2.24, 2.45) is 5.10 Å². The fraction of sp³-hybridized carbons (Fsp3) is 0. The molecule has 0 fully saturated rings. The smallest absolute Gasteiger partial charge is 0.271 e. The highest BCUT2D eigenvalue weighted by Crippen LogP contribution is 2.12. The molecular formula is C21H17N3O3. The zero-order valence-electron chi connectivity index (χ0n) is 14.3. The maximum atomic E-state index is 12.1. The van der Waals surface area contributed by atoms with Gasteiger partial charge in [0.25, 0.3) is 11.8 Å². The number of amides is 2. The van der Waals surface area contributed by atoms with E-state index in [9.17, 15) is 14.7 Å². The summed E-state index contributed by atoms with van der Waals surface area (Å²) < 4.78 is 0. The van der Waals surface area contributed by atoms with E-state index < -0.39 is 0 Å². The Bertz CT molecular complexity index is 950. The second-order valence-corrected chi connectivity index (χ2v) is 5.69. The number of phenolic OH excluding ortho intramolecular Hbond substituents is 1. The fourth-order valence-electron chi connectivity index (χ4n) is 2.29. The molecule has 0 aliphatic rings. The third kappa shape index (κ3) is 5.02. The van der Waals surface area contributed by atoms with Crippen molar-refractivity contribution in [3.05, 3.63) is 95.6 Å². The summed E-state index contributed by atoms with van der Waals surface area (Å²) in [6.45, 7) is 0. The molecule has 0 bridgehead atoms. The summed E-state index contributed by atoms with van der Waals surface area (Å²) in [5.74, 6) is -0.423. The van der Waals surface area contributed by atoms with Crippen molar-refractivity contribution in [2.75, 3.05) is 5.32 Å². The molecular weight excluding hydrogens is 342 g/mol. The Labute approximate surface area is 156 Å². The molecule has 134 valence electrons. The van der Waals surface area contributed by atoms with Crippen LogP contribution in [0.25, 0.3) is 0 Å². The molecule has 0 radical (unpaired) electrons. The number of anilines is 1. The average Bonchev–Trinajstić information content (AvgIpc) is 2.70. The maximum Gasteiger partial charge on any atom is 0.271 e. The topological polar surface area (TPSA) is 90.8 Å². The van der Waals surface area contributed by atoms with Crippen LogP contribution in [0.15, 0.2) is 84.0 Å². The summed E-state index contributed by atoms with van der Waals surface area (Å²) in [5.41, 5.74) is 4.73. The highest BCUT2D eigenvalue weighted by molar-refractivity contribution is 6.04. The van der Waals surface area contributed by atoms with Crippen LogP contribution in [0.2, 0.25) is 0 Å².